The van der Waals surface area contributed by atoms with Crippen LogP contribution in [0.4, 0.5) is 0 Å². The van der Waals surface area contributed by atoms with Gasteiger partial charge >= 0.3 is 5.97 Å². The molecule has 0 saturated heterocycles. The van der Waals surface area contributed by atoms with Crippen molar-refractivity contribution in [3.63, 3.8) is 0 Å². The van der Waals surface area contributed by atoms with Crippen molar-refractivity contribution in [1.82, 2.24) is 5.32 Å². The normalized spacial score (nSPS) is 16.3. The Morgan fingerprint density at radius 3 is 2.48 bits per heavy atom. The molecule has 120 valence electrons. The number of benzene rings is 1. The molecule has 0 unspecified atom stereocenters. The average Bonchev–Trinajstić information content (AvgIpc) is 2.56. The Kier molecular flexibility index (Phi) is 5.68. The molecule has 0 bridgehead atoms. The molecule has 7 heteroatoms. The van der Waals surface area contributed by atoms with Crippen molar-refractivity contribution in [1.29, 1.82) is 0 Å². The zero-order chi connectivity index (χ0) is 17.0. The summed E-state index contributed by atoms with van der Waals surface area (Å²) in [6, 6.07) is 7.12. The quantitative estimate of drug-likeness (QED) is 0.512. The molecule has 1 amide bonds. The van der Waals surface area contributed by atoms with Gasteiger partial charge in [0.1, 0.15) is 5.70 Å². The standard InChI is InChI=1S/C16H15NO4S2/c1-9-4-6-10(7-5-9)14(19)13-16(22-3)23-11(15(20)17-13)8-12(18)21-2/h4-8H,1-3H3,(H,17,20)/b11-8+. The molecule has 0 fully saturated rings. The lowest BCUT2D eigenvalue weighted by Crippen LogP contribution is -2.32. The fraction of sp³-hybridized carbons (Fsp3) is 0.188. The van der Waals surface area contributed by atoms with Crippen LogP contribution in [0.2, 0.25) is 0 Å². The number of carbonyl (C=O) groups is 3. The number of ketones is 1. The third kappa shape index (κ3) is 4.05. The van der Waals surface area contributed by atoms with Crippen LogP contribution < -0.4 is 5.32 Å². The van der Waals surface area contributed by atoms with Gasteiger partial charge in [0.25, 0.3) is 5.91 Å². The monoisotopic (exact) mass is 349 g/mol. The van der Waals surface area contributed by atoms with E-state index in [1.165, 1.54) is 18.9 Å². The van der Waals surface area contributed by atoms with Crippen LogP contribution in [-0.4, -0.2) is 31.0 Å². The minimum absolute atomic E-state index is 0.196. The maximum absolute atomic E-state index is 12.6. The zero-order valence-electron chi connectivity index (χ0n) is 12.8. The van der Waals surface area contributed by atoms with Gasteiger partial charge in [0, 0.05) is 11.6 Å². The summed E-state index contributed by atoms with van der Waals surface area (Å²) in [5.41, 5.74) is 1.78. The van der Waals surface area contributed by atoms with Crippen molar-refractivity contribution in [3.8, 4) is 0 Å². The zero-order valence-corrected chi connectivity index (χ0v) is 14.5. The van der Waals surface area contributed by atoms with Crippen molar-refractivity contribution >= 4 is 41.2 Å². The summed E-state index contributed by atoms with van der Waals surface area (Å²) in [4.78, 5) is 36.2. The van der Waals surface area contributed by atoms with Crippen LogP contribution >= 0.6 is 23.5 Å². The van der Waals surface area contributed by atoms with Gasteiger partial charge in [-0.25, -0.2) is 4.79 Å². The first-order valence-electron chi connectivity index (χ1n) is 6.64. The molecule has 0 aromatic heterocycles. The number of allylic oxidation sites excluding steroid dienone is 1. The molecule has 1 heterocycles. The molecule has 1 aromatic rings. The van der Waals surface area contributed by atoms with E-state index in [1.807, 2.05) is 19.1 Å². The van der Waals surface area contributed by atoms with Crippen molar-refractivity contribution in [2.24, 2.45) is 0 Å². The number of hydrogen-bond acceptors (Lipinski definition) is 6. The Hall–Kier alpha value is -1.99. The first-order valence-corrected chi connectivity index (χ1v) is 8.69. The number of esters is 1. The fourth-order valence-electron chi connectivity index (χ4n) is 1.83. The molecule has 0 atom stereocenters. The Balaban J connectivity index is 2.35. The molecule has 0 saturated carbocycles. The van der Waals surface area contributed by atoms with E-state index in [-0.39, 0.29) is 16.4 Å². The van der Waals surface area contributed by atoms with E-state index in [2.05, 4.69) is 10.1 Å². The van der Waals surface area contributed by atoms with E-state index >= 15 is 0 Å². The topological polar surface area (TPSA) is 72.5 Å². The Morgan fingerprint density at radius 1 is 1.26 bits per heavy atom. The molecule has 5 nitrogen and oxygen atoms in total. The fourth-order valence-corrected chi connectivity index (χ4v) is 3.52. The maximum Gasteiger partial charge on any atom is 0.331 e. The van der Waals surface area contributed by atoms with Crippen molar-refractivity contribution in [2.45, 2.75) is 6.92 Å². The van der Waals surface area contributed by atoms with Gasteiger partial charge in [-0.1, -0.05) is 41.6 Å². The van der Waals surface area contributed by atoms with Crippen molar-refractivity contribution in [2.75, 3.05) is 13.4 Å². The molecule has 2 rings (SSSR count). The predicted molar refractivity (Wildman–Crippen MR) is 91.9 cm³/mol. The molecule has 1 N–H and O–H groups in total. The highest BCUT2D eigenvalue weighted by Gasteiger charge is 2.28. The molecule has 1 aliphatic rings. The maximum atomic E-state index is 12.6. The van der Waals surface area contributed by atoms with Gasteiger partial charge < -0.3 is 10.1 Å². The summed E-state index contributed by atoms with van der Waals surface area (Å²) in [6.45, 7) is 1.93. The highest BCUT2D eigenvalue weighted by molar-refractivity contribution is 8.24. The molecule has 0 radical (unpaired) electrons. The Labute approximate surface area is 142 Å². The van der Waals surface area contributed by atoms with E-state index in [1.54, 1.807) is 18.4 Å². The van der Waals surface area contributed by atoms with Crippen LogP contribution in [0.1, 0.15) is 15.9 Å². The third-order valence-electron chi connectivity index (χ3n) is 3.05. The Bertz CT molecular complexity index is 720. The number of carbonyl (C=O) groups excluding carboxylic acids is 3. The summed E-state index contributed by atoms with van der Waals surface area (Å²) >= 11 is 2.42. The van der Waals surface area contributed by atoms with Gasteiger partial charge in [0.2, 0.25) is 5.78 Å². The van der Waals surface area contributed by atoms with Crippen LogP contribution in [0.25, 0.3) is 0 Å². The lowest BCUT2D eigenvalue weighted by atomic mass is 10.1. The summed E-state index contributed by atoms with van der Waals surface area (Å²) < 4.78 is 5.16. The van der Waals surface area contributed by atoms with Gasteiger partial charge in [-0.2, -0.15) is 0 Å². The Morgan fingerprint density at radius 2 is 1.91 bits per heavy atom. The van der Waals surface area contributed by atoms with E-state index in [0.29, 0.717) is 9.80 Å². The average molecular weight is 349 g/mol. The van der Waals surface area contributed by atoms with Gasteiger partial charge in [-0.15, -0.1) is 11.8 Å². The second-order valence-electron chi connectivity index (χ2n) is 4.65. The van der Waals surface area contributed by atoms with E-state index < -0.39 is 11.9 Å². The summed E-state index contributed by atoms with van der Waals surface area (Å²) in [5, 5.41) is 2.58. The highest BCUT2D eigenvalue weighted by Crippen LogP contribution is 2.39. The van der Waals surface area contributed by atoms with E-state index in [9.17, 15) is 14.4 Å². The number of thioether (sulfide) groups is 2. The number of aryl methyl sites for hydroxylation is 1. The van der Waals surface area contributed by atoms with E-state index in [4.69, 9.17) is 0 Å². The first kappa shape index (κ1) is 17.4. The van der Waals surface area contributed by atoms with Crippen LogP contribution in [0.5, 0.6) is 0 Å². The van der Waals surface area contributed by atoms with Gasteiger partial charge in [0.15, 0.2) is 0 Å². The van der Waals surface area contributed by atoms with Gasteiger partial charge in [-0.3, -0.25) is 9.59 Å². The lowest BCUT2D eigenvalue weighted by Gasteiger charge is -2.20. The van der Waals surface area contributed by atoms with E-state index in [0.717, 1.165) is 23.4 Å². The van der Waals surface area contributed by atoms with Crippen LogP contribution in [0.3, 0.4) is 0 Å². The summed E-state index contributed by atoms with van der Waals surface area (Å²) in [6.07, 6.45) is 2.92. The second kappa shape index (κ2) is 7.52. The molecule has 1 aliphatic heterocycles. The predicted octanol–water partition coefficient (Wildman–Crippen LogP) is 2.63. The molecule has 0 aliphatic carbocycles. The minimum Gasteiger partial charge on any atom is -0.466 e. The molecule has 23 heavy (non-hydrogen) atoms. The summed E-state index contributed by atoms with van der Waals surface area (Å²) in [7, 11) is 1.24. The summed E-state index contributed by atoms with van der Waals surface area (Å²) in [5.74, 6) is -1.36. The second-order valence-corrected chi connectivity index (χ2v) is 6.78. The first-order chi connectivity index (χ1) is 11.0. The third-order valence-corrected chi connectivity index (χ3v) is 5.28. The van der Waals surface area contributed by atoms with Crippen molar-refractivity contribution in [3.05, 3.63) is 56.3 Å². The number of hydrogen-bond donors (Lipinski definition) is 1. The van der Waals surface area contributed by atoms with Gasteiger partial charge in [0.05, 0.1) is 16.3 Å². The van der Waals surface area contributed by atoms with Crippen LogP contribution in [0.15, 0.2) is 45.2 Å². The molecule has 1 aromatic carbocycles. The van der Waals surface area contributed by atoms with Crippen LogP contribution in [0, 0.1) is 6.92 Å². The number of methoxy groups -OCH3 is 1. The molecule has 0 spiro atoms. The largest absolute Gasteiger partial charge is 0.466 e. The number of rotatable bonds is 4. The molecular formula is C16H15NO4S2. The van der Waals surface area contributed by atoms with Crippen LogP contribution in [-0.2, 0) is 14.3 Å². The van der Waals surface area contributed by atoms with Crippen molar-refractivity contribution < 1.29 is 19.1 Å². The minimum atomic E-state index is -0.614. The smallest absolute Gasteiger partial charge is 0.331 e. The lowest BCUT2D eigenvalue weighted by molar-refractivity contribution is -0.135. The highest BCUT2D eigenvalue weighted by atomic mass is 32.2. The van der Waals surface area contributed by atoms with Gasteiger partial charge in [-0.05, 0) is 13.2 Å². The number of ether oxygens (including phenoxy) is 1. The number of nitrogens with one attached hydrogen (secondary N) is 1. The SMILES string of the molecule is COC(=O)/C=C1/SC(SC)=C(C(=O)c2ccc(C)cc2)NC1=O. The number of amides is 1. The molecular weight excluding hydrogens is 334 g/mol. The number of Topliss-reactive ketones (excluding diaryl/α,β-unsaturated/α-hetero) is 1.